The molecular formula is C12H15F2N. The topological polar surface area (TPSA) is 26.0 Å². The Hall–Kier alpha value is -0.960. The molecule has 1 aromatic carbocycles. The van der Waals surface area contributed by atoms with E-state index in [9.17, 15) is 8.78 Å². The summed E-state index contributed by atoms with van der Waals surface area (Å²) in [4.78, 5) is 0. The monoisotopic (exact) mass is 211 g/mol. The summed E-state index contributed by atoms with van der Waals surface area (Å²) < 4.78 is 25.9. The number of halogens is 2. The first-order chi connectivity index (χ1) is 7.08. The van der Waals surface area contributed by atoms with Crippen LogP contribution in [0.4, 0.5) is 8.78 Å². The van der Waals surface area contributed by atoms with E-state index in [0.29, 0.717) is 23.8 Å². The summed E-state index contributed by atoms with van der Waals surface area (Å²) in [5, 5.41) is 0. The largest absolute Gasteiger partial charge is 0.327 e. The van der Waals surface area contributed by atoms with E-state index in [2.05, 4.69) is 6.92 Å². The molecule has 15 heavy (non-hydrogen) atoms. The van der Waals surface area contributed by atoms with Gasteiger partial charge >= 0.3 is 0 Å². The highest BCUT2D eigenvalue weighted by Gasteiger charge is 2.37. The average molecular weight is 211 g/mol. The minimum absolute atomic E-state index is 0.0000359. The third kappa shape index (κ3) is 2.34. The molecule has 0 aliphatic heterocycles. The molecule has 1 aliphatic rings. The molecule has 3 heteroatoms. The molecular weight excluding hydrogens is 196 g/mol. The maximum absolute atomic E-state index is 13.3. The van der Waals surface area contributed by atoms with Crippen LogP contribution in [0.5, 0.6) is 0 Å². The van der Waals surface area contributed by atoms with Crippen LogP contribution < -0.4 is 5.73 Å². The lowest BCUT2D eigenvalue weighted by Gasteiger charge is -2.11. The summed E-state index contributed by atoms with van der Waals surface area (Å²) >= 11 is 0. The van der Waals surface area contributed by atoms with Crippen LogP contribution in [0, 0.1) is 23.5 Å². The number of nitrogens with two attached hydrogens (primary N) is 1. The van der Waals surface area contributed by atoms with Gasteiger partial charge in [-0.3, -0.25) is 0 Å². The van der Waals surface area contributed by atoms with E-state index >= 15 is 0 Å². The van der Waals surface area contributed by atoms with Crippen molar-refractivity contribution in [3.05, 3.63) is 35.4 Å². The van der Waals surface area contributed by atoms with Gasteiger partial charge in [-0.2, -0.15) is 0 Å². The summed E-state index contributed by atoms with van der Waals surface area (Å²) in [6, 6.07) is 3.68. The lowest BCUT2D eigenvalue weighted by Crippen LogP contribution is -2.26. The van der Waals surface area contributed by atoms with Crippen LogP contribution in [0.2, 0.25) is 0 Å². The molecule has 2 N–H and O–H groups in total. The Balaban J connectivity index is 2.04. The first kappa shape index (κ1) is 10.6. The van der Waals surface area contributed by atoms with Crippen molar-refractivity contribution in [2.24, 2.45) is 17.6 Å². The van der Waals surface area contributed by atoms with Crippen LogP contribution >= 0.6 is 0 Å². The molecule has 1 aliphatic carbocycles. The standard InChI is InChI=1S/C12H15F2N/c1-7-4-10(7)12(15)5-8-2-3-9(13)6-11(8)14/h2-3,6-7,10,12H,4-5,15H2,1H3. The van der Waals surface area contributed by atoms with Crippen LogP contribution in [0.1, 0.15) is 18.9 Å². The zero-order valence-electron chi connectivity index (χ0n) is 8.71. The van der Waals surface area contributed by atoms with Crippen molar-refractivity contribution in [3.8, 4) is 0 Å². The Bertz CT molecular complexity index is 365. The molecule has 0 amide bonds. The molecule has 0 aromatic heterocycles. The van der Waals surface area contributed by atoms with Crippen molar-refractivity contribution in [2.45, 2.75) is 25.8 Å². The van der Waals surface area contributed by atoms with Crippen molar-refractivity contribution in [1.29, 1.82) is 0 Å². The zero-order valence-corrected chi connectivity index (χ0v) is 8.71. The summed E-state index contributed by atoms with van der Waals surface area (Å²) in [6.45, 7) is 2.14. The SMILES string of the molecule is CC1CC1C(N)Cc1ccc(F)cc1F. The molecule has 1 saturated carbocycles. The molecule has 0 radical (unpaired) electrons. The second-order valence-electron chi connectivity index (χ2n) is 4.48. The number of hydrogen-bond acceptors (Lipinski definition) is 1. The minimum Gasteiger partial charge on any atom is -0.327 e. The summed E-state index contributed by atoms with van der Waals surface area (Å²) in [7, 11) is 0. The lowest BCUT2D eigenvalue weighted by atomic mass is 10.0. The van der Waals surface area contributed by atoms with Crippen LogP contribution in [-0.2, 0) is 6.42 Å². The molecule has 3 unspecified atom stereocenters. The van der Waals surface area contributed by atoms with E-state index in [1.165, 1.54) is 12.1 Å². The second kappa shape index (κ2) is 3.89. The van der Waals surface area contributed by atoms with Gasteiger partial charge in [-0.1, -0.05) is 13.0 Å². The van der Waals surface area contributed by atoms with Gasteiger partial charge in [0.05, 0.1) is 0 Å². The van der Waals surface area contributed by atoms with Crippen molar-refractivity contribution < 1.29 is 8.78 Å². The fourth-order valence-corrected chi connectivity index (χ4v) is 2.04. The maximum atomic E-state index is 13.3. The normalized spacial score (nSPS) is 26.4. The molecule has 0 saturated heterocycles. The minimum atomic E-state index is -0.537. The number of benzene rings is 1. The van der Waals surface area contributed by atoms with Crippen molar-refractivity contribution in [1.82, 2.24) is 0 Å². The highest BCUT2D eigenvalue weighted by atomic mass is 19.1. The molecule has 82 valence electrons. The molecule has 0 bridgehead atoms. The van der Waals surface area contributed by atoms with Gasteiger partial charge in [0.25, 0.3) is 0 Å². The van der Waals surface area contributed by atoms with Gasteiger partial charge in [0, 0.05) is 12.1 Å². The van der Waals surface area contributed by atoms with Gasteiger partial charge in [-0.15, -0.1) is 0 Å². The first-order valence-corrected chi connectivity index (χ1v) is 5.27. The summed E-state index contributed by atoms with van der Waals surface area (Å²) in [6.07, 6.45) is 1.63. The van der Waals surface area contributed by atoms with Crippen molar-refractivity contribution >= 4 is 0 Å². The molecule has 1 fully saturated rings. The Labute approximate surface area is 88.3 Å². The number of hydrogen-bond donors (Lipinski definition) is 1. The van der Waals surface area contributed by atoms with E-state index in [1.807, 2.05) is 0 Å². The fraction of sp³-hybridized carbons (Fsp3) is 0.500. The molecule has 1 aromatic rings. The summed E-state index contributed by atoms with van der Waals surface area (Å²) in [5.41, 5.74) is 6.46. The smallest absolute Gasteiger partial charge is 0.129 e. The van der Waals surface area contributed by atoms with E-state index in [4.69, 9.17) is 5.73 Å². The third-order valence-electron chi connectivity index (χ3n) is 3.19. The Morgan fingerprint density at radius 2 is 2.13 bits per heavy atom. The quantitative estimate of drug-likeness (QED) is 0.816. The van der Waals surface area contributed by atoms with E-state index < -0.39 is 11.6 Å². The maximum Gasteiger partial charge on any atom is 0.129 e. The Morgan fingerprint density at radius 1 is 1.47 bits per heavy atom. The van der Waals surface area contributed by atoms with Gasteiger partial charge in [-0.25, -0.2) is 8.78 Å². The van der Waals surface area contributed by atoms with Crippen LogP contribution in [-0.4, -0.2) is 6.04 Å². The lowest BCUT2D eigenvalue weighted by molar-refractivity contribution is 0.527. The van der Waals surface area contributed by atoms with Gasteiger partial charge in [-0.05, 0) is 36.3 Å². The molecule has 0 heterocycles. The van der Waals surface area contributed by atoms with Crippen LogP contribution in [0.3, 0.4) is 0 Å². The van der Waals surface area contributed by atoms with Gasteiger partial charge in [0.1, 0.15) is 11.6 Å². The predicted molar refractivity (Wildman–Crippen MR) is 55.3 cm³/mol. The fourth-order valence-electron chi connectivity index (χ4n) is 2.04. The van der Waals surface area contributed by atoms with Gasteiger partial charge in [0.2, 0.25) is 0 Å². The molecule has 1 nitrogen and oxygen atoms in total. The predicted octanol–water partition coefficient (Wildman–Crippen LogP) is 2.49. The average Bonchev–Trinajstić information content (AvgIpc) is 2.88. The third-order valence-corrected chi connectivity index (χ3v) is 3.19. The molecule has 0 spiro atoms. The highest BCUT2D eigenvalue weighted by molar-refractivity contribution is 5.20. The van der Waals surface area contributed by atoms with Crippen molar-refractivity contribution in [2.75, 3.05) is 0 Å². The van der Waals surface area contributed by atoms with Crippen LogP contribution in [0.25, 0.3) is 0 Å². The Morgan fingerprint density at radius 3 is 2.67 bits per heavy atom. The van der Waals surface area contributed by atoms with Crippen LogP contribution in [0.15, 0.2) is 18.2 Å². The van der Waals surface area contributed by atoms with E-state index in [0.717, 1.165) is 12.5 Å². The summed E-state index contributed by atoms with van der Waals surface area (Å²) in [5.74, 6) is 0.140. The first-order valence-electron chi connectivity index (χ1n) is 5.27. The van der Waals surface area contributed by atoms with Gasteiger partial charge < -0.3 is 5.73 Å². The van der Waals surface area contributed by atoms with Gasteiger partial charge in [0.15, 0.2) is 0 Å². The van der Waals surface area contributed by atoms with E-state index in [-0.39, 0.29) is 6.04 Å². The molecule has 3 atom stereocenters. The van der Waals surface area contributed by atoms with E-state index in [1.54, 1.807) is 0 Å². The second-order valence-corrected chi connectivity index (χ2v) is 4.48. The Kier molecular flexibility index (Phi) is 2.74. The van der Waals surface area contributed by atoms with Crippen molar-refractivity contribution in [3.63, 3.8) is 0 Å². The molecule has 2 rings (SSSR count). The zero-order chi connectivity index (χ0) is 11.0. The highest BCUT2D eigenvalue weighted by Crippen LogP contribution is 2.40. The number of rotatable bonds is 3.